The van der Waals surface area contributed by atoms with Crippen molar-refractivity contribution in [1.82, 2.24) is 4.57 Å². The summed E-state index contributed by atoms with van der Waals surface area (Å²) in [5.41, 5.74) is 3.10. The summed E-state index contributed by atoms with van der Waals surface area (Å²) in [4.78, 5) is 25.0. The maximum atomic E-state index is 13.0. The molecule has 1 aromatic heterocycles. The zero-order valence-corrected chi connectivity index (χ0v) is 15.3. The summed E-state index contributed by atoms with van der Waals surface area (Å²) in [6.07, 6.45) is 0.804. The summed E-state index contributed by atoms with van der Waals surface area (Å²) in [5.74, 6) is -0.0522. The van der Waals surface area contributed by atoms with Crippen molar-refractivity contribution in [2.45, 2.75) is 26.9 Å². The number of aromatic nitrogens is 1. The second kappa shape index (κ2) is 7.04. The zero-order chi connectivity index (χ0) is 18.8. The standard InChI is InChI=1S/C21H21NO4/c1-13-8-7-11-19(14(13)2)26-15(3)20(23)22-12-17(21(24)25-4)16-9-5-6-10-18(16)22/h5-12,15H,1-4H3/t15-/m1/s1. The molecular formula is C21H21NO4. The molecule has 0 amide bonds. The SMILES string of the molecule is COC(=O)c1cn(C(=O)[C@@H](C)Oc2cccc(C)c2C)c2ccccc12. The van der Waals surface area contributed by atoms with Gasteiger partial charge in [-0.25, -0.2) is 4.79 Å². The van der Waals surface area contributed by atoms with Crippen LogP contribution in [0.4, 0.5) is 0 Å². The van der Waals surface area contributed by atoms with Gasteiger partial charge in [0.1, 0.15) is 5.75 Å². The molecule has 0 radical (unpaired) electrons. The minimum Gasteiger partial charge on any atom is -0.481 e. The third-order valence-electron chi connectivity index (χ3n) is 4.56. The van der Waals surface area contributed by atoms with Crippen molar-refractivity contribution in [2.75, 3.05) is 7.11 Å². The molecule has 134 valence electrons. The van der Waals surface area contributed by atoms with Gasteiger partial charge in [-0.1, -0.05) is 30.3 Å². The van der Waals surface area contributed by atoms with Gasteiger partial charge in [0, 0.05) is 11.6 Å². The summed E-state index contributed by atoms with van der Waals surface area (Å²) in [7, 11) is 1.32. The second-order valence-electron chi connectivity index (χ2n) is 6.22. The van der Waals surface area contributed by atoms with E-state index in [-0.39, 0.29) is 5.91 Å². The smallest absolute Gasteiger partial charge is 0.340 e. The number of fused-ring (bicyclic) bond motifs is 1. The first-order chi connectivity index (χ1) is 12.4. The van der Waals surface area contributed by atoms with E-state index in [1.54, 1.807) is 19.1 Å². The Morgan fingerprint density at radius 1 is 1.04 bits per heavy atom. The van der Waals surface area contributed by atoms with Gasteiger partial charge in [-0.15, -0.1) is 0 Å². The highest BCUT2D eigenvalue weighted by Crippen LogP contribution is 2.25. The number of methoxy groups -OCH3 is 1. The molecule has 0 aliphatic heterocycles. The molecule has 0 unspecified atom stereocenters. The third-order valence-corrected chi connectivity index (χ3v) is 4.56. The molecule has 0 N–H and O–H groups in total. The first-order valence-electron chi connectivity index (χ1n) is 8.39. The highest BCUT2D eigenvalue weighted by molar-refractivity contribution is 6.07. The van der Waals surface area contributed by atoms with Crippen molar-refractivity contribution in [3.63, 3.8) is 0 Å². The Bertz CT molecular complexity index is 987. The molecule has 1 atom stereocenters. The molecule has 26 heavy (non-hydrogen) atoms. The Balaban J connectivity index is 1.97. The number of ether oxygens (including phenoxy) is 2. The number of hydrogen-bond acceptors (Lipinski definition) is 4. The van der Waals surface area contributed by atoms with Crippen LogP contribution in [0.1, 0.15) is 33.2 Å². The summed E-state index contributed by atoms with van der Waals surface area (Å²) < 4.78 is 12.2. The van der Waals surface area contributed by atoms with Crippen LogP contribution in [0.5, 0.6) is 5.75 Å². The first kappa shape index (κ1) is 17.7. The maximum Gasteiger partial charge on any atom is 0.340 e. The molecule has 0 aliphatic carbocycles. The minimum absolute atomic E-state index is 0.253. The van der Waals surface area contributed by atoms with Crippen LogP contribution in [0.3, 0.4) is 0 Å². The largest absolute Gasteiger partial charge is 0.481 e. The Hall–Kier alpha value is -3.08. The van der Waals surface area contributed by atoms with E-state index in [9.17, 15) is 9.59 Å². The lowest BCUT2D eigenvalue weighted by molar-refractivity contribution is 0.0602. The van der Waals surface area contributed by atoms with Gasteiger partial charge in [-0.3, -0.25) is 9.36 Å². The number of para-hydroxylation sites is 1. The van der Waals surface area contributed by atoms with Gasteiger partial charge in [0.05, 0.1) is 18.2 Å². The van der Waals surface area contributed by atoms with E-state index in [2.05, 4.69) is 0 Å². The predicted molar refractivity (Wildman–Crippen MR) is 99.9 cm³/mol. The van der Waals surface area contributed by atoms with Crippen molar-refractivity contribution in [3.8, 4) is 5.75 Å². The van der Waals surface area contributed by atoms with E-state index in [0.717, 1.165) is 11.1 Å². The lowest BCUT2D eigenvalue weighted by Crippen LogP contribution is -2.29. The summed E-state index contributed by atoms with van der Waals surface area (Å²) in [6.45, 7) is 5.66. The lowest BCUT2D eigenvalue weighted by atomic mass is 10.1. The van der Waals surface area contributed by atoms with Crippen LogP contribution in [0.15, 0.2) is 48.7 Å². The van der Waals surface area contributed by atoms with Gasteiger partial charge in [-0.05, 0) is 44.0 Å². The van der Waals surface area contributed by atoms with Crippen molar-refractivity contribution >= 4 is 22.8 Å². The maximum absolute atomic E-state index is 13.0. The van der Waals surface area contributed by atoms with Crippen LogP contribution >= 0.6 is 0 Å². The monoisotopic (exact) mass is 351 g/mol. The number of carbonyl (C=O) groups excluding carboxylic acids is 2. The normalized spacial score (nSPS) is 12.0. The number of esters is 1. The Labute approximate surface area is 152 Å². The molecule has 0 spiro atoms. The molecule has 0 aliphatic rings. The minimum atomic E-state index is -0.711. The van der Waals surface area contributed by atoms with E-state index in [1.807, 2.05) is 44.2 Å². The van der Waals surface area contributed by atoms with E-state index >= 15 is 0 Å². The summed E-state index contributed by atoms with van der Waals surface area (Å²) in [5, 5.41) is 0.673. The van der Waals surface area contributed by atoms with Crippen molar-refractivity contribution in [3.05, 3.63) is 65.4 Å². The van der Waals surface area contributed by atoms with Crippen molar-refractivity contribution in [2.24, 2.45) is 0 Å². The van der Waals surface area contributed by atoms with Crippen LogP contribution in [-0.4, -0.2) is 29.7 Å². The second-order valence-corrected chi connectivity index (χ2v) is 6.22. The van der Waals surface area contributed by atoms with E-state index in [4.69, 9.17) is 9.47 Å². The molecular weight excluding hydrogens is 330 g/mol. The van der Waals surface area contributed by atoms with Crippen LogP contribution < -0.4 is 4.74 Å². The van der Waals surface area contributed by atoms with Gasteiger partial charge in [0.15, 0.2) is 6.10 Å². The number of nitrogens with zero attached hydrogens (tertiary/aromatic N) is 1. The predicted octanol–water partition coefficient (Wildman–Crippen LogP) is 4.15. The molecule has 5 nitrogen and oxygen atoms in total. The Morgan fingerprint density at radius 2 is 1.77 bits per heavy atom. The van der Waals surface area contributed by atoms with Crippen LogP contribution in [0.2, 0.25) is 0 Å². The highest BCUT2D eigenvalue weighted by atomic mass is 16.5. The first-order valence-corrected chi connectivity index (χ1v) is 8.39. The van der Waals surface area contributed by atoms with Crippen molar-refractivity contribution in [1.29, 1.82) is 0 Å². The Kier molecular flexibility index (Phi) is 4.80. The van der Waals surface area contributed by atoms with Crippen molar-refractivity contribution < 1.29 is 19.1 Å². The lowest BCUT2D eigenvalue weighted by Gasteiger charge is -2.17. The quantitative estimate of drug-likeness (QED) is 0.663. The van der Waals surface area contributed by atoms with Gasteiger partial charge in [-0.2, -0.15) is 0 Å². The van der Waals surface area contributed by atoms with Gasteiger partial charge >= 0.3 is 5.97 Å². The molecule has 5 heteroatoms. The summed E-state index contributed by atoms with van der Waals surface area (Å²) in [6, 6.07) is 13.0. The topological polar surface area (TPSA) is 57.5 Å². The van der Waals surface area contributed by atoms with Crippen LogP contribution in [-0.2, 0) is 4.74 Å². The number of rotatable bonds is 4. The number of carbonyl (C=O) groups is 2. The van der Waals surface area contributed by atoms with Crippen LogP contribution in [0.25, 0.3) is 10.9 Å². The molecule has 0 fully saturated rings. The van der Waals surface area contributed by atoms with Gasteiger partial charge in [0.25, 0.3) is 5.91 Å². The average molecular weight is 351 g/mol. The van der Waals surface area contributed by atoms with E-state index < -0.39 is 12.1 Å². The molecule has 3 rings (SSSR count). The average Bonchev–Trinajstić information content (AvgIpc) is 3.04. The van der Waals surface area contributed by atoms with E-state index in [1.165, 1.54) is 17.9 Å². The van der Waals surface area contributed by atoms with Gasteiger partial charge < -0.3 is 9.47 Å². The molecule has 0 bridgehead atoms. The molecule has 0 saturated carbocycles. The molecule has 3 aromatic rings. The fourth-order valence-corrected chi connectivity index (χ4v) is 2.92. The fourth-order valence-electron chi connectivity index (χ4n) is 2.92. The highest BCUT2D eigenvalue weighted by Gasteiger charge is 2.23. The van der Waals surface area contributed by atoms with E-state index in [0.29, 0.717) is 22.2 Å². The molecule has 1 heterocycles. The van der Waals surface area contributed by atoms with Crippen LogP contribution in [0, 0.1) is 13.8 Å². The number of benzene rings is 2. The zero-order valence-electron chi connectivity index (χ0n) is 15.3. The summed E-state index contributed by atoms with van der Waals surface area (Å²) >= 11 is 0. The molecule has 0 saturated heterocycles. The number of hydrogen-bond donors (Lipinski definition) is 0. The van der Waals surface area contributed by atoms with Gasteiger partial charge in [0.2, 0.25) is 0 Å². The molecule has 2 aromatic carbocycles. The fraction of sp³-hybridized carbons (Fsp3) is 0.238. The Morgan fingerprint density at radius 3 is 2.50 bits per heavy atom. The number of aryl methyl sites for hydroxylation is 1. The third kappa shape index (κ3) is 3.08.